The lowest BCUT2D eigenvalue weighted by Gasteiger charge is -2.25. The van der Waals surface area contributed by atoms with Crippen LogP contribution in [-0.4, -0.2) is 20.4 Å². The number of nitrogens with one attached hydrogen (secondary N) is 1. The number of carbonyl (C=O) groups excluding carboxylic acids is 1. The Morgan fingerprint density at radius 2 is 2.05 bits per heavy atom. The minimum absolute atomic E-state index is 0.142. The van der Waals surface area contributed by atoms with Crippen molar-refractivity contribution >= 4 is 28.0 Å². The maximum Gasteiger partial charge on any atom is 0.279 e. The Hall–Kier alpha value is -2.67. The van der Waals surface area contributed by atoms with E-state index in [4.69, 9.17) is 0 Å². The predicted molar refractivity (Wildman–Crippen MR) is 82.5 cm³/mol. The van der Waals surface area contributed by atoms with E-state index in [1.54, 1.807) is 34.9 Å². The van der Waals surface area contributed by atoms with E-state index < -0.39 is 0 Å². The predicted octanol–water partition coefficient (Wildman–Crippen LogP) is 1.94. The SMILES string of the molecule is O=C1C[C@@H](c2ccc(O)cc2)c2c(n3ccsc3nc2=O)N1. The second-order valence-electron chi connectivity index (χ2n) is 5.13. The van der Waals surface area contributed by atoms with Crippen molar-refractivity contribution in [2.75, 3.05) is 5.32 Å². The molecule has 4 rings (SSSR count). The van der Waals surface area contributed by atoms with E-state index in [-0.39, 0.29) is 29.6 Å². The zero-order valence-corrected chi connectivity index (χ0v) is 12.1. The van der Waals surface area contributed by atoms with Crippen LogP contribution < -0.4 is 10.9 Å². The molecule has 1 aliphatic rings. The molecule has 0 radical (unpaired) electrons. The highest BCUT2D eigenvalue weighted by molar-refractivity contribution is 7.15. The molecule has 3 heterocycles. The van der Waals surface area contributed by atoms with Crippen molar-refractivity contribution in [2.24, 2.45) is 0 Å². The molecule has 3 aromatic rings. The van der Waals surface area contributed by atoms with Crippen molar-refractivity contribution in [1.82, 2.24) is 9.38 Å². The van der Waals surface area contributed by atoms with E-state index in [9.17, 15) is 14.7 Å². The first-order valence-corrected chi connectivity index (χ1v) is 7.60. The molecule has 0 unspecified atom stereocenters. The summed E-state index contributed by atoms with van der Waals surface area (Å²) in [5, 5.41) is 14.0. The molecule has 22 heavy (non-hydrogen) atoms. The number of benzene rings is 1. The summed E-state index contributed by atoms with van der Waals surface area (Å²) in [6.07, 6.45) is 1.97. The zero-order valence-electron chi connectivity index (χ0n) is 11.3. The molecule has 1 atom stereocenters. The molecule has 2 N–H and O–H groups in total. The van der Waals surface area contributed by atoms with Gasteiger partial charge in [0.15, 0.2) is 4.96 Å². The molecule has 0 aliphatic carbocycles. The quantitative estimate of drug-likeness (QED) is 0.719. The fourth-order valence-electron chi connectivity index (χ4n) is 2.80. The van der Waals surface area contributed by atoms with E-state index in [0.717, 1.165) is 5.56 Å². The van der Waals surface area contributed by atoms with Gasteiger partial charge in [0.05, 0.1) is 5.56 Å². The minimum atomic E-state index is -0.360. The highest BCUT2D eigenvalue weighted by atomic mass is 32.1. The highest BCUT2D eigenvalue weighted by Gasteiger charge is 2.31. The molecule has 7 heteroatoms. The smallest absolute Gasteiger partial charge is 0.279 e. The van der Waals surface area contributed by atoms with Crippen LogP contribution >= 0.6 is 11.3 Å². The van der Waals surface area contributed by atoms with Gasteiger partial charge in [0.25, 0.3) is 5.56 Å². The number of thiazole rings is 1. The lowest BCUT2D eigenvalue weighted by atomic mass is 9.87. The van der Waals surface area contributed by atoms with E-state index in [0.29, 0.717) is 16.3 Å². The average Bonchev–Trinajstić information content (AvgIpc) is 2.95. The third-order valence-electron chi connectivity index (χ3n) is 3.80. The van der Waals surface area contributed by atoms with Gasteiger partial charge in [0.2, 0.25) is 5.91 Å². The van der Waals surface area contributed by atoms with Gasteiger partial charge in [-0.3, -0.25) is 14.0 Å². The lowest BCUT2D eigenvalue weighted by molar-refractivity contribution is -0.116. The van der Waals surface area contributed by atoms with Crippen LogP contribution in [0.2, 0.25) is 0 Å². The van der Waals surface area contributed by atoms with Crippen molar-refractivity contribution in [3.8, 4) is 5.75 Å². The van der Waals surface area contributed by atoms with Crippen molar-refractivity contribution in [2.45, 2.75) is 12.3 Å². The first-order valence-electron chi connectivity index (χ1n) is 6.72. The van der Waals surface area contributed by atoms with Crippen LogP contribution in [0.4, 0.5) is 5.82 Å². The number of phenolic OH excluding ortho intramolecular Hbond substituents is 1. The standard InChI is InChI=1S/C15H11N3O3S/c19-9-3-1-8(2-4-9)10-7-11(20)16-13-12(10)14(21)17-15-18(13)5-6-22-15/h1-6,10,19H,7H2,(H,16,20)/t10-/m0/s1. The summed E-state index contributed by atoms with van der Waals surface area (Å²) >= 11 is 1.34. The van der Waals surface area contributed by atoms with Crippen LogP contribution in [0.25, 0.3) is 4.96 Å². The number of hydrogen-bond acceptors (Lipinski definition) is 5. The van der Waals surface area contributed by atoms with Crippen molar-refractivity contribution in [3.05, 3.63) is 57.3 Å². The summed E-state index contributed by atoms with van der Waals surface area (Å²) < 4.78 is 1.73. The third kappa shape index (κ3) is 1.90. The van der Waals surface area contributed by atoms with E-state index >= 15 is 0 Å². The van der Waals surface area contributed by atoms with Crippen molar-refractivity contribution in [1.29, 1.82) is 0 Å². The molecule has 1 aromatic carbocycles. The number of aromatic hydroxyl groups is 1. The zero-order chi connectivity index (χ0) is 15.3. The van der Waals surface area contributed by atoms with Crippen LogP contribution in [-0.2, 0) is 4.79 Å². The molecule has 0 saturated carbocycles. The largest absolute Gasteiger partial charge is 0.508 e. The fraction of sp³-hybridized carbons (Fsp3) is 0.133. The molecular formula is C15H11N3O3S. The molecule has 0 bridgehead atoms. The molecule has 2 aromatic heterocycles. The number of aromatic nitrogens is 2. The molecular weight excluding hydrogens is 302 g/mol. The molecule has 0 fully saturated rings. The Labute approximate surface area is 128 Å². The fourth-order valence-corrected chi connectivity index (χ4v) is 3.51. The Morgan fingerprint density at radius 3 is 2.82 bits per heavy atom. The summed E-state index contributed by atoms with van der Waals surface area (Å²) in [5.41, 5.74) is 0.972. The molecule has 110 valence electrons. The Kier molecular flexibility index (Phi) is 2.77. The van der Waals surface area contributed by atoms with Crippen LogP contribution in [0.5, 0.6) is 5.75 Å². The third-order valence-corrected chi connectivity index (χ3v) is 4.56. The van der Waals surface area contributed by atoms with Gasteiger partial charge in [0, 0.05) is 23.9 Å². The summed E-state index contributed by atoms with van der Waals surface area (Å²) in [6, 6.07) is 6.56. The molecule has 6 nitrogen and oxygen atoms in total. The second-order valence-corrected chi connectivity index (χ2v) is 6.00. The topological polar surface area (TPSA) is 83.7 Å². The highest BCUT2D eigenvalue weighted by Crippen LogP contribution is 2.35. The van der Waals surface area contributed by atoms with Gasteiger partial charge in [-0.25, -0.2) is 0 Å². The normalized spacial score (nSPS) is 17.3. The molecule has 1 amide bonds. The van der Waals surface area contributed by atoms with Gasteiger partial charge in [-0.15, -0.1) is 11.3 Å². The van der Waals surface area contributed by atoms with Gasteiger partial charge in [-0.1, -0.05) is 12.1 Å². The van der Waals surface area contributed by atoms with Gasteiger partial charge in [0.1, 0.15) is 11.6 Å². The number of carbonyl (C=O) groups is 1. The van der Waals surface area contributed by atoms with E-state index in [1.807, 2.05) is 5.38 Å². The van der Waals surface area contributed by atoms with Crippen LogP contribution in [0.3, 0.4) is 0 Å². The first-order chi connectivity index (χ1) is 10.6. The average molecular weight is 313 g/mol. The maximum absolute atomic E-state index is 12.4. The Bertz CT molecular complexity index is 943. The number of amides is 1. The molecule has 1 aliphatic heterocycles. The number of hydrogen-bond donors (Lipinski definition) is 2. The van der Waals surface area contributed by atoms with Crippen LogP contribution in [0, 0.1) is 0 Å². The van der Waals surface area contributed by atoms with Crippen LogP contribution in [0.15, 0.2) is 40.6 Å². The number of fused-ring (bicyclic) bond motifs is 3. The van der Waals surface area contributed by atoms with Gasteiger partial charge >= 0.3 is 0 Å². The van der Waals surface area contributed by atoms with Crippen molar-refractivity contribution < 1.29 is 9.90 Å². The van der Waals surface area contributed by atoms with E-state index in [1.165, 1.54) is 11.3 Å². The monoisotopic (exact) mass is 313 g/mol. The Morgan fingerprint density at radius 1 is 1.27 bits per heavy atom. The van der Waals surface area contributed by atoms with Crippen LogP contribution in [0.1, 0.15) is 23.5 Å². The van der Waals surface area contributed by atoms with Gasteiger partial charge < -0.3 is 10.4 Å². The summed E-state index contributed by atoms with van der Waals surface area (Å²) in [7, 11) is 0. The molecule has 0 saturated heterocycles. The number of nitrogens with zero attached hydrogens (tertiary/aromatic N) is 2. The Balaban J connectivity index is 1.99. The van der Waals surface area contributed by atoms with Crippen molar-refractivity contribution in [3.63, 3.8) is 0 Å². The number of rotatable bonds is 1. The number of anilines is 1. The summed E-state index contributed by atoms with van der Waals surface area (Å²) in [5.74, 6) is 0.135. The summed E-state index contributed by atoms with van der Waals surface area (Å²) in [4.78, 5) is 29.1. The maximum atomic E-state index is 12.4. The number of phenols is 1. The second kappa shape index (κ2) is 4.67. The lowest BCUT2D eigenvalue weighted by Crippen LogP contribution is -2.31. The van der Waals surface area contributed by atoms with Gasteiger partial charge in [-0.05, 0) is 17.7 Å². The summed E-state index contributed by atoms with van der Waals surface area (Å²) in [6.45, 7) is 0. The van der Waals surface area contributed by atoms with Gasteiger partial charge in [-0.2, -0.15) is 4.98 Å². The van der Waals surface area contributed by atoms with E-state index in [2.05, 4.69) is 10.3 Å². The minimum Gasteiger partial charge on any atom is -0.508 e. The molecule has 0 spiro atoms. The first kappa shape index (κ1) is 13.0.